The molecule has 1 aromatic carbocycles. The van der Waals surface area contributed by atoms with Crippen LogP contribution in [-0.2, 0) is 14.3 Å². The molecule has 0 bridgehead atoms. The second-order valence-electron chi connectivity index (χ2n) is 7.51. The number of carbonyl (C=O) groups excluding carboxylic acids is 1. The maximum atomic E-state index is 11.9. The molecule has 2 atom stereocenters. The van der Waals surface area contributed by atoms with Gasteiger partial charge < -0.3 is 14.4 Å². The lowest BCUT2D eigenvalue weighted by molar-refractivity contribution is -0.149. The number of piperidine rings is 1. The van der Waals surface area contributed by atoms with Gasteiger partial charge in [0.1, 0.15) is 0 Å². The SMILES string of the molecule is CCOC(=O)C1CCN(C[C@H]2OCCCC[C@H]2c2ccc(Cl)c(Cl)c2)CC1. The van der Waals surface area contributed by atoms with Gasteiger partial charge in [-0.05, 0) is 63.4 Å². The summed E-state index contributed by atoms with van der Waals surface area (Å²) in [4.78, 5) is 14.4. The summed E-state index contributed by atoms with van der Waals surface area (Å²) < 4.78 is 11.4. The van der Waals surface area contributed by atoms with Crippen LogP contribution in [0.1, 0.15) is 50.5 Å². The highest BCUT2D eigenvalue weighted by atomic mass is 35.5. The normalized spacial score (nSPS) is 25.1. The van der Waals surface area contributed by atoms with Crippen LogP contribution in [-0.4, -0.2) is 49.8 Å². The van der Waals surface area contributed by atoms with Gasteiger partial charge in [-0.15, -0.1) is 0 Å². The summed E-state index contributed by atoms with van der Waals surface area (Å²) in [6.07, 6.45) is 5.23. The molecule has 2 fully saturated rings. The van der Waals surface area contributed by atoms with Gasteiger partial charge in [-0.1, -0.05) is 35.7 Å². The number of hydrogen-bond acceptors (Lipinski definition) is 4. The molecule has 4 nitrogen and oxygen atoms in total. The summed E-state index contributed by atoms with van der Waals surface area (Å²) in [7, 11) is 0. The molecule has 2 saturated heterocycles. The van der Waals surface area contributed by atoms with Crippen LogP contribution in [0.4, 0.5) is 0 Å². The Labute approximate surface area is 172 Å². The molecule has 0 spiro atoms. The molecule has 2 aliphatic heterocycles. The van der Waals surface area contributed by atoms with Gasteiger partial charge >= 0.3 is 5.97 Å². The van der Waals surface area contributed by atoms with E-state index >= 15 is 0 Å². The van der Waals surface area contributed by atoms with Crippen molar-refractivity contribution in [2.24, 2.45) is 5.92 Å². The Balaban J connectivity index is 1.63. The van der Waals surface area contributed by atoms with E-state index in [2.05, 4.69) is 11.0 Å². The zero-order valence-corrected chi connectivity index (χ0v) is 17.5. The van der Waals surface area contributed by atoms with Gasteiger partial charge in [0.25, 0.3) is 0 Å². The molecule has 2 heterocycles. The van der Waals surface area contributed by atoms with E-state index in [0.29, 0.717) is 22.6 Å². The highest BCUT2D eigenvalue weighted by Crippen LogP contribution is 2.34. The highest BCUT2D eigenvalue weighted by Gasteiger charge is 2.31. The predicted molar refractivity (Wildman–Crippen MR) is 109 cm³/mol. The molecule has 0 aliphatic carbocycles. The van der Waals surface area contributed by atoms with Crippen LogP contribution >= 0.6 is 23.2 Å². The molecule has 3 rings (SSSR count). The minimum atomic E-state index is -0.0449. The molecule has 1 aromatic rings. The molecule has 6 heteroatoms. The smallest absolute Gasteiger partial charge is 0.309 e. The Morgan fingerprint density at radius 3 is 2.67 bits per heavy atom. The van der Waals surface area contributed by atoms with E-state index in [-0.39, 0.29) is 18.0 Å². The fourth-order valence-electron chi connectivity index (χ4n) is 4.17. The third-order valence-electron chi connectivity index (χ3n) is 5.71. The number of likely N-dealkylation sites (tertiary alicyclic amines) is 1. The van der Waals surface area contributed by atoms with Crippen LogP contribution in [0.2, 0.25) is 10.0 Å². The fourth-order valence-corrected chi connectivity index (χ4v) is 4.48. The lowest BCUT2D eigenvalue weighted by Crippen LogP contribution is -2.43. The number of hydrogen-bond donors (Lipinski definition) is 0. The Morgan fingerprint density at radius 2 is 1.96 bits per heavy atom. The largest absolute Gasteiger partial charge is 0.466 e. The molecule has 0 unspecified atom stereocenters. The average molecular weight is 414 g/mol. The van der Waals surface area contributed by atoms with E-state index in [9.17, 15) is 4.79 Å². The summed E-state index contributed by atoms with van der Waals surface area (Å²) in [5.74, 6) is 0.323. The molecular weight excluding hydrogens is 385 g/mol. The van der Waals surface area contributed by atoms with Gasteiger partial charge in [-0.2, -0.15) is 0 Å². The van der Waals surface area contributed by atoms with Gasteiger partial charge in [0, 0.05) is 19.1 Å². The van der Waals surface area contributed by atoms with Crippen LogP contribution in [0.5, 0.6) is 0 Å². The molecule has 0 amide bonds. The maximum absolute atomic E-state index is 11.9. The second-order valence-corrected chi connectivity index (χ2v) is 8.33. The van der Waals surface area contributed by atoms with Crippen LogP contribution < -0.4 is 0 Å². The fraction of sp³-hybridized carbons (Fsp3) is 0.667. The van der Waals surface area contributed by atoms with Crippen molar-refractivity contribution in [1.82, 2.24) is 4.90 Å². The monoisotopic (exact) mass is 413 g/mol. The lowest BCUT2D eigenvalue weighted by atomic mass is 9.88. The second kappa shape index (κ2) is 10.1. The zero-order valence-electron chi connectivity index (χ0n) is 16.0. The van der Waals surface area contributed by atoms with Crippen LogP contribution in [0, 0.1) is 5.92 Å². The van der Waals surface area contributed by atoms with E-state index in [1.54, 1.807) is 0 Å². The van der Waals surface area contributed by atoms with E-state index in [1.165, 1.54) is 5.56 Å². The summed E-state index contributed by atoms with van der Waals surface area (Å²) >= 11 is 12.4. The Hall–Kier alpha value is -0.810. The van der Waals surface area contributed by atoms with Crippen molar-refractivity contribution in [2.45, 2.75) is 51.0 Å². The van der Waals surface area contributed by atoms with Crippen molar-refractivity contribution in [3.05, 3.63) is 33.8 Å². The summed E-state index contributed by atoms with van der Waals surface area (Å²) in [5.41, 5.74) is 1.21. The predicted octanol–water partition coefficient (Wildman–Crippen LogP) is 4.92. The molecule has 150 valence electrons. The van der Waals surface area contributed by atoms with E-state index in [1.807, 2.05) is 19.1 Å². The van der Waals surface area contributed by atoms with Gasteiger partial charge in [0.2, 0.25) is 0 Å². The first kappa shape index (κ1) is 20.9. The molecular formula is C21H29Cl2NO3. The minimum Gasteiger partial charge on any atom is -0.466 e. The van der Waals surface area contributed by atoms with Crippen molar-refractivity contribution in [3.63, 3.8) is 0 Å². The van der Waals surface area contributed by atoms with E-state index in [0.717, 1.165) is 58.3 Å². The first-order valence-electron chi connectivity index (χ1n) is 10.0. The van der Waals surface area contributed by atoms with Crippen molar-refractivity contribution < 1.29 is 14.3 Å². The summed E-state index contributed by atoms with van der Waals surface area (Å²) in [6.45, 7) is 5.84. The van der Waals surface area contributed by atoms with E-state index in [4.69, 9.17) is 32.7 Å². The van der Waals surface area contributed by atoms with Crippen LogP contribution in [0.25, 0.3) is 0 Å². The van der Waals surface area contributed by atoms with Crippen molar-refractivity contribution in [3.8, 4) is 0 Å². The van der Waals surface area contributed by atoms with Gasteiger partial charge in [0.05, 0.1) is 28.7 Å². The molecule has 2 aliphatic rings. The maximum Gasteiger partial charge on any atom is 0.309 e. The standard InChI is InChI=1S/C21H29Cl2NO3/c1-2-26-21(25)15-8-10-24(11-9-15)14-20-17(5-3-4-12-27-20)16-6-7-18(22)19(23)13-16/h6-7,13,15,17,20H,2-5,8-12,14H2,1H3/t17-,20+/m0/s1. The number of nitrogens with zero attached hydrogens (tertiary/aromatic N) is 1. The summed E-state index contributed by atoms with van der Waals surface area (Å²) in [5, 5.41) is 1.19. The lowest BCUT2D eigenvalue weighted by Gasteiger charge is -2.35. The number of esters is 1. The Bertz CT molecular complexity index is 632. The van der Waals surface area contributed by atoms with Gasteiger partial charge in [0.15, 0.2) is 0 Å². The Kier molecular flexibility index (Phi) is 7.83. The number of carbonyl (C=O) groups is 1. The van der Waals surface area contributed by atoms with Crippen LogP contribution in [0.15, 0.2) is 18.2 Å². The third-order valence-corrected chi connectivity index (χ3v) is 6.45. The quantitative estimate of drug-likeness (QED) is 0.641. The molecule has 0 N–H and O–H groups in total. The van der Waals surface area contributed by atoms with Crippen molar-refractivity contribution >= 4 is 29.2 Å². The molecule has 0 aromatic heterocycles. The average Bonchev–Trinajstić information content (AvgIpc) is 2.90. The van der Waals surface area contributed by atoms with Gasteiger partial charge in [-0.25, -0.2) is 0 Å². The molecule has 0 saturated carbocycles. The molecule has 0 radical (unpaired) electrons. The number of halogens is 2. The van der Waals surface area contributed by atoms with Crippen molar-refractivity contribution in [1.29, 1.82) is 0 Å². The zero-order chi connectivity index (χ0) is 19.2. The molecule has 27 heavy (non-hydrogen) atoms. The summed E-state index contributed by atoms with van der Waals surface area (Å²) in [6, 6.07) is 5.95. The van der Waals surface area contributed by atoms with Crippen LogP contribution in [0.3, 0.4) is 0 Å². The topological polar surface area (TPSA) is 38.8 Å². The van der Waals surface area contributed by atoms with Crippen molar-refractivity contribution in [2.75, 3.05) is 32.8 Å². The third kappa shape index (κ3) is 5.60. The number of rotatable bonds is 5. The number of ether oxygens (including phenoxy) is 2. The van der Waals surface area contributed by atoms with E-state index < -0.39 is 0 Å². The first-order chi connectivity index (χ1) is 13.1. The number of benzene rings is 1. The Morgan fingerprint density at radius 1 is 1.19 bits per heavy atom. The highest BCUT2D eigenvalue weighted by molar-refractivity contribution is 6.42. The first-order valence-corrected chi connectivity index (χ1v) is 10.8. The van der Waals surface area contributed by atoms with Gasteiger partial charge in [-0.3, -0.25) is 4.79 Å². The minimum absolute atomic E-state index is 0.0436.